The Morgan fingerprint density at radius 2 is 1.95 bits per heavy atom. The summed E-state index contributed by atoms with van der Waals surface area (Å²) in [6.07, 6.45) is -0.194. The molecule has 0 radical (unpaired) electrons. The summed E-state index contributed by atoms with van der Waals surface area (Å²) in [7, 11) is 1.54. The van der Waals surface area contributed by atoms with Gasteiger partial charge in [0.2, 0.25) is 0 Å². The van der Waals surface area contributed by atoms with E-state index in [4.69, 9.17) is 5.11 Å². The molecular weight excluding hydrogens is 275 g/mol. The van der Waals surface area contributed by atoms with Crippen molar-refractivity contribution in [1.82, 2.24) is 10.2 Å². The summed E-state index contributed by atoms with van der Waals surface area (Å²) in [5, 5.41) is 11.5. The Balaban J connectivity index is 2.79. The van der Waals surface area contributed by atoms with Crippen molar-refractivity contribution >= 4 is 12.0 Å². The van der Waals surface area contributed by atoms with Crippen molar-refractivity contribution in [3.8, 4) is 0 Å². The van der Waals surface area contributed by atoms with E-state index in [0.717, 1.165) is 0 Å². The molecule has 0 aliphatic rings. The summed E-state index contributed by atoms with van der Waals surface area (Å²) < 4.78 is 13.7. The molecule has 0 aliphatic heterocycles. The van der Waals surface area contributed by atoms with Gasteiger partial charge in [-0.3, -0.25) is 4.79 Å². The molecule has 116 valence electrons. The van der Waals surface area contributed by atoms with Crippen LogP contribution in [-0.2, 0) is 4.79 Å². The molecule has 1 rings (SSSR count). The maximum absolute atomic E-state index is 13.7. The summed E-state index contributed by atoms with van der Waals surface area (Å²) >= 11 is 0. The van der Waals surface area contributed by atoms with E-state index in [1.165, 1.54) is 11.0 Å². The summed E-state index contributed by atoms with van der Waals surface area (Å²) in [4.78, 5) is 24.3. The highest BCUT2D eigenvalue weighted by Gasteiger charge is 2.27. The number of halogens is 1. The minimum atomic E-state index is -0.995. The van der Waals surface area contributed by atoms with Crippen LogP contribution in [0.4, 0.5) is 9.18 Å². The number of carboxylic acids is 1. The Morgan fingerprint density at radius 3 is 2.48 bits per heavy atom. The zero-order chi connectivity index (χ0) is 16.2. The van der Waals surface area contributed by atoms with Crippen LogP contribution in [0.25, 0.3) is 0 Å². The first-order chi connectivity index (χ1) is 9.64. The van der Waals surface area contributed by atoms with Gasteiger partial charge in [0.15, 0.2) is 0 Å². The van der Waals surface area contributed by atoms with Crippen LogP contribution in [0.15, 0.2) is 24.3 Å². The Kier molecular flexibility index (Phi) is 5.29. The molecule has 0 aliphatic carbocycles. The Labute approximate surface area is 123 Å². The number of urea groups is 1. The van der Waals surface area contributed by atoms with Crippen molar-refractivity contribution in [2.45, 2.75) is 38.8 Å². The predicted molar refractivity (Wildman–Crippen MR) is 77.4 cm³/mol. The van der Waals surface area contributed by atoms with Gasteiger partial charge in [0, 0.05) is 18.2 Å². The van der Waals surface area contributed by atoms with Gasteiger partial charge in [0.05, 0.1) is 12.5 Å². The number of hydrogen-bond acceptors (Lipinski definition) is 2. The smallest absolute Gasteiger partial charge is 0.318 e. The van der Waals surface area contributed by atoms with Crippen molar-refractivity contribution in [1.29, 1.82) is 0 Å². The van der Waals surface area contributed by atoms with Gasteiger partial charge >= 0.3 is 12.0 Å². The Bertz CT molecular complexity index is 531. The zero-order valence-corrected chi connectivity index (χ0v) is 12.7. The van der Waals surface area contributed by atoms with Gasteiger partial charge in [-0.05, 0) is 26.8 Å². The second-order valence-corrected chi connectivity index (χ2v) is 5.69. The molecule has 0 saturated carbocycles. The summed E-state index contributed by atoms with van der Waals surface area (Å²) in [6.45, 7) is 4.96. The molecule has 1 atom stereocenters. The molecule has 1 aromatic rings. The van der Waals surface area contributed by atoms with Crippen LogP contribution in [0.3, 0.4) is 0 Å². The molecule has 6 heteroatoms. The third-order valence-electron chi connectivity index (χ3n) is 3.30. The molecule has 1 unspecified atom stereocenters. The van der Waals surface area contributed by atoms with Gasteiger partial charge in [-0.2, -0.15) is 0 Å². The molecule has 0 saturated heterocycles. The highest BCUT2D eigenvalue weighted by Crippen LogP contribution is 2.22. The Hall–Kier alpha value is -2.11. The standard InChI is InChI=1S/C15H21FN2O3/c1-10(11-7-5-6-8-12(11)16)18(4)14(21)17-15(2,3)9-13(19)20/h5-8,10H,9H2,1-4H3,(H,17,21)(H,19,20). The van der Waals surface area contributed by atoms with Crippen LogP contribution in [0, 0.1) is 5.82 Å². The SMILES string of the molecule is CC(c1ccccc1F)N(C)C(=O)NC(C)(C)CC(=O)O. The summed E-state index contributed by atoms with van der Waals surface area (Å²) in [5.74, 6) is -1.38. The third kappa shape index (κ3) is 4.73. The average Bonchev–Trinajstić information content (AvgIpc) is 2.35. The van der Waals surface area contributed by atoms with Crippen molar-refractivity contribution in [2.75, 3.05) is 7.05 Å². The number of aliphatic carboxylic acids is 1. The lowest BCUT2D eigenvalue weighted by Crippen LogP contribution is -2.50. The highest BCUT2D eigenvalue weighted by molar-refractivity contribution is 5.77. The number of amides is 2. The van der Waals surface area contributed by atoms with Crippen LogP contribution in [0.5, 0.6) is 0 Å². The van der Waals surface area contributed by atoms with Crippen molar-refractivity contribution < 1.29 is 19.1 Å². The molecule has 1 aromatic carbocycles. The van der Waals surface area contributed by atoms with Gasteiger partial charge < -0.3 is 15.3 Å². The van der Waals surface area contributed by atoms with Crippen molar-refractivity contribution in [2.24, 2.45) is 0 Å². The lowest BCUT2D eigenvalue weighted by Gasteiger charge is -2.31. The van der Waals surface area contributed by atoms with Gasteiger partial charge in [-0.1, -0.05) is 18.2 Å². The van der Waals surface area contributed by atoms with E-state index >= 15 is 0 Å². The zero-order valence-electron chi connectivity index (χ0n) is 12.7. The van der Waals surface area contributed by atoms with Crippen molar-refractivity contribution in [3.63, 3.8) is 0 Å². The monoisotopic (exact) mass is 296 g/mol. The molecule has 5 nitrogen and oxygen atoms in total. The van der Waals surface area contributed by atoms with Crippen LogP contribution >= 0.6 is 0 Å². The maximum atomic E-state index is 13.7. The second kappa shape index (κ2) is 6.56. The van der Waals surface area contributed by atoms with Gasteiger partial charge in [0.25, 0.3) is 0 Å². The maximum Gasteiger partial charge on any atom is 0.318 e. The molecule has 2 amide bonds. The third-order valence-corrected chi connectivity index (χ3v) is 3.30. The fraction of sp³-hybridized carbons (Fsp3) is 0.467. The number of hydrogen-bond donors (Lipinski definition) is 2. The van der Waals surface area contributed by atoms with E-state index in [1.807, 2.05) is 0 Å². The number of nitrogens with one attached hydrogen (secondary N) is 1. The van der Waals surface area contributed by atoms with Crippen LogP contribution < -0.4 is 5.32 Å². The van der Waals surface area contributed by atoms with Gasteiger partial charge in [-0.15, -0.1) is 0 Å². The van der Waals surface area contributed by atoms with Gasteiger partial charge in [-0.25, -0.2) is 9.18 Å². The highest BCUT2D eigenvalue weighted by atomic mass is 19.1. The molecule has 0 fully saturated rings. The first-order valence-corrected chi connectivity index (χ1v) is 6.65. The molecule has 2 N–H and O–H groups in total. The molecular formula is C15H21FN2O3. The number of nitrogens with zero attached hydrogens (tertiary/aromatic N) is 1. The number of carboxylic acid groups (broad SMARTS) is 1. The van der Waals surface area contributed by atoms with E-state index in [1.54, 1.807) is 46.0 Å². The van der Waals surface area contributed by atoms with E-state index in [0.29, 0.717) is 5.56 Å². The van der Waals surface area contributed by atoms with E-state index in [-0.39, 0.29) is 12.2 Å². The topological polar surface area (TPSA) is 69.6 Å². The van der Waals surface area contributed by atoms with E-state index < -0.39 is 23.6 Å². The van der Waals surface area contributed by atoms with Crippen LogP contribution in [0.1, 0.15) is 38.8 Å². The molecule has 0 spiro atoms. The number of benzene rings is 1. The molecule has 0 aromatic heterocycles. The van der Waals surface area contributed by atoms with E-state index in [2.05, 4.69) is 5.32 Å². The molecule has 0 heterocycles. The summed E-state index contributed by atoms with van der Waals surface area (Å²) in [5.41, 5.74) is -0.474. The number of carbonyl (C=O) groups excluding carboxylic acids is 1. The summed E-state index contributed by atoms with van der Waals surface area (Å²) in [6, 6.07) is 5.33. The fourth-order valence-corrected chi connectivity index (χ4v) is 2.00. The second-order valence-electron chi connectivity index (χ2n) is 5.69. The minimum absolute atomic E-state index is 0.194. The van der Waals surface area contributed by atoms with Crippen molar-refractivity contribution in [3.05, 3.63) is 35.6 Å². The predicted octanol–water partition coefficient (Wildman–Crippen LogP) is 2.78. The van der Waals surface area contributed by atoms with Crippen LogP contribution in [-0.4, -0.2) is 34.6 Å². The minimum Gasteiger partial charge on any atom is -0.481 e. The fourth-order valence-electron chi connectivity index (χ4n) is 2.00. The average molecular weight is 296 g/mol. The van der Waals surface area contributed by atoms with Crippen LogP contribution in [0.2, 0.25) is 0 Å². The van der Waals surface area contributed by atoms with E-state index in [9.17, 15) is 14.0 Å². The lowest BCUT2D eigenvalue weighted by molar-refractivity contribution is -0.138. The quantitative estimate of drug-likeness (QED) is 0.877. The Morgan fingerprint density at radius 1 is 1.38 bits per heavy atom. The van der Waals surface area contributed by atoms with Gasteiger partial charge in [0.1, 0.15) is 5.82 Å². The first kappa shape index (κ1) is 16.9. The normalized spacial score (nSPS) is 12.6. The largest absolute Gasteiger partial charge is 0.481 e. The lowest BCUT2D eigenvalue weighted by atomic mass is 10.0. The number of carbonyl (C=O) groups is 2. The molecule has 21 heavy (non-hydrogen) atoms. The first-order valence-electron chi connectivity index (χ1n) is 6.65. The number of rotatable bonds is 5. The molecule has 0 bridgehead atoms.